The molecule has 8 heteroatoms. The first kappa shape index (κ1) is 15.6. The van der Waals surface area contributed by atoms with Crippen LogP contribution < -0.4 is 15.2 Å². The molecule has 3 N–H and O–H groups in total. The summed E-state index contributed by atoms with van der Waals surface area (Å²) in [5.41, 5.74) is 5.98. The molecule has 112 valence electrons. The van der Waals surface area contributed by atoms with Crippen LogP contribution in [0.3, 0.4) is 0 Å². The lowest BCUT2D eigenvalue weighted by Crippen LogP contribution is -2.14. The molecule has 0 radical (unpaired) electrons. The van der Waals surface area contributed by atoms with Crippen LogP contribution in [0.4, 0.5) is 15.8 Å². The predicted octanol–water partition coefficient (Wildman–Crippen LogP) is 2.98. The van der Waals surface area contributed by atoms with E-state index in [0.717, 1.165) is 6.07 Å². The van der Waals surface area contributed by atoms with Crippen LogP contribution in [0.15, 0.2) is 45.8 Å². The molecule has 0 atom stereocenters. The summed E-state index contributed by atoms with van der Waals surface area (Å²) in [6, 6.07) is 7.78. The smallest absolute Gasteiger partial charge is 0.262 e. The Bertz CT molecular complexity index is 781. The first-order chi connectivity index (χ1) is 9.83. The number of benzene rings is 2. The number of anilines is 2. The van der Waals surface area contributed by atoms with Crippen molar-refractivity contribution in [3.63, 3.8) is 0 Å². The topological polar surface area (TPSA) is 81.4 Å². The Morgan fingerprint density at radius 2 is 1.95 bits per heavy atom. The number of rotatable bonds is 4. The number of hydrogen-bond donors (Lipinski definition) is 2. The van der Waals surface area contributed by atoms with E-state index in [-0.39, 0.29) is 16.3 Å². The van der Waals surface area contributed by atoms with Gasteiger partial charge in [0, 0.05) is 4.47 Å². The average molecular weight is 375 g/mol. The normalized spacial score (nSPS) is 11.2. The number of nitrogens with two attached hydrogens (primary N) is 1. The van der Waals surface area contributed by atoms with Crippen LogP contribution in [0.25, 0.3) is 0 Å². The summed E-state index contributed by atoms with van der Waals surface area (Å²) in [4.78, 5) is -0.0445. The summed E-state index contributed by atoms with van der Waals surface area (Å²) >= 11 is 3.15. The van der Waals surface area contributed by atoms with Crippen molar-refractivity contribution >= 4 is 37.3 Å². The van der Waals surface area contributed by atoms with Gasteiger partial charge in [0.2, 0.25) is 0 Å². The minimum absolute atomic E-state index is 0.0445. The van der Waals surface area contributed by atoms with E-state index in [4.69, 9.17) is 10.5 Å². The fourth-order valence-corrected chi connectivity index (χ4v) is 3.24. The van der Waals surface area contributed by atoms with Gasteiger partial charge < -0.3 is 10.5 Å². The molecule has 21 heavy (non-hydrogen) atoms. The van der Waals surface area contributed by atoms with Crippen LogP contribution in [0.5, 0.6) is 5.75 Å². The SMILES string of the molecule is COc1ccc(S(=O)(=O)Nc2cc(F)ccc2Br)cc1N. The van der Waals surface area contributed by atoms with Crippen molar-refractivity contribution in [1.29, 1.82) is 0 Å². The molecule has 0 saturated carbocycles. The van der Waals surface area contributed by atoms with Gasteiger partial charge in [0.05, 0.1) is 23.4 Å². The lowest BCUT2D eigenvalue weighted by molar-refractivity contribution is 0.416. The van der Waals surface area contributed by atoms with Gasteiger partial charge in [-0.2, -0.15) is 0 Å². The van der Waals surface area contributed by atoms with Crippen LogP contribution in [0.2, 0.25) is 0 Å². The minimum Gasteiger partial charge on any atom is -0.495 e. The summed E-state index contributed by atoms with van der Waals surface area (Å²) in [5.74, 6) is -0.175. The van der Waals surface area contributed by atoms with Gasteiger partial charge in [-0.15, -0.1) is 0 Å². The van der Waals surface area contributed by atoms with Crippen molar-refractivity contribution in [2.24, 2.45) is 0 Å². The molecule has 2 rings (SSSR count). The van der Waals surface area contributed by atoms with Crippen LogP contribution in [0, 0.1) is 5.82 Å². The van der Waals surface area contributed by atoms with E-state index >= 15 is 0 Å². The molecule has 5 nitrogen and oxygen atoms in total. The molecule has 0 spiro atoms. The molecule has 0 aromatic heterocycles. The molecule has 0 aliphatic rings. The van der Waals surface area contributed by atoms with E-state index in [1.807, 2.05) is 0 Å². The quantitative estimate of drug-likeness (QED) is 0.806. The monoisotopic (exact) mass is 374 g/mol. The van der Waals surface area contributed by atoms with Gasteiger partial charge in [-0.25, -0.2) is 12.8 Å². The van der Waals surface area contributed by atoms with E-state index in [1.54, 1.807) is 0 Å². The van der Waals surface area contributed by atoms with Gasteiger partial charge in [-0.1, -0.05) is 0 Å². The van der Waals surface area contributed by atoms with E-state index in [1.165, 1.54) is 37.4 Å². The molecule has 0 heterocycles. The number of ether oxygens (including phenoxy) is 1. The number of sulfonamides is 1. The second kappa shape index (κ2) is 5.90. The van der Waals surface area contributed by atoms with E-state index in [2.05, 4.69) is 20.7 Å². The Hall–Kier alpha value is -1.80. The van der Waals surface area contributed by atoms with Crippen LogP contribution in [-0.2, 0) is 10.0 Å². The largest absolute Gasteiger partial charge is 0.495 e. The molecular weight excluding hydrogens is 363 g/mol. The number of halogens is 2. The lowest BCUT2D eigenvalue weighted by atomic mass is 10.3. The van der Waals surface area contributed by atoms with Crippen molar-refractivity contribution in [2.45, 2.75) is 4.90 Å². The second-order valence-electron chi connectivity index (χ2n) is 4.13. The van der Waals surface area contributed by atoms with Gasteiger partial charge in [0.15, 0.2) is 0 Å². The number of methoxy groups -OCH3 is 1. The highest BCUT2D eigenvalue weighted by Gasteiger charge is 2.17. The Morgan fingerprint density at radius 3 is 2.57 bits per heavy atom. The summed E-state index contributed by atoms with van der Waals surface area (Å²) in [6.07, 6.45) is 0. The van der Waals surface area contributed by atoms with Crippen molar-refractivity contribution in [3.8, 4) is 5.75 Å². The Balaban J connectivity index is 2.38. The van der Waals surface area contributed by atoms with Gasteiger partial charge in [0.25, 0.3) is 10.0 Å². The van der Waals surface area contributed by atoms with Gasteiger partial charge >= 0.3 is 0 Å². The first-order valence-electron chi connectivity index (χ1n) is 5.75. The number of nitrogen functional groups attached to an aromatic ring is 1. The third-order valence-corrected chi connectivity index (χ3v) is 4.74. The Morgan fingerprint density at radius 1 is 1.24 bits per heavy atom. The fourth-order valence-electron chi connectivity index (χ4n) is 1.66. The Labute approximate surface area is 130 Å². The zero-order valence-electron chi connectivity index (χ0n) is 10.9. The highest BCUT2D eigenvalue weighted by molar-refractivity contribution is 9.10. The summed E-state index contributed by atoms with van der Waals surface area (Å²) < 4.78 is 45.4. The molecule has 0 unspecified atom stereocenters. The van der Waals surface area contributed by atoms with Crippen molar-refractivity contribution < 1.29 is 17.5 Å². The molecule has 0 fully saturated rings. The van der Waals surface area contributed by atoms with Gasteiger partial charge in [-0.3, -0.25) is 4.72 Å². The highest BCUT2D eigenvalue weighted by atomic mass is 79.9. The highest BCUT2D eigenvalue weighted by Crippen LogP contribution is 2.28. The fraction of sp³-hybridized carbons (Fsp3) is 0.0769. The third kappa shape index (κ3) is 3.45. The summed E-state index contributed by atoms with van der Waals surface area (Å²) in [6.45, 7) is 0. The number of nitrogens with one attached hydrogen (secondary N) is 1. The maximum Gasteiger partial charge on any atom is 0.262 e. The van der Waals surface area contributed by atoms with Crippen LogP contribution >= 0.6 is 15.9 Å². The van der Waals surface area contributed by atoms with Crippen LogP contribution in [-0.4, -0.2) is 15.5 Å². The zero-order chi connectivity index (χ0) is 15.6. The lowest BCUT2D eigenvalue weighted by Gasteiger charge is -2.11. The molecule has 0 saturated heterocycles. The Kier molecular flexibility index (Phi) is 4.38. The minimum atomic E-state index is -3.88. The van der Waals surface area contributed by atoms with Gasteiger partial charge in [-0.05, 0) is 52.3 Å². The standard InChI is InChI=1S/C13H12BrFN2O3S/c1-20-13-5-3-9(7-11(13)16)21(18,19)17-12-6-8(15)2-4-10(12)14/h2-7,17H,16H2,1H3. The van der Waals surface area contributed by atoms with E-state index in [9.17, 15) is 12.8 Å². The van der Waals surface area contributed by atoms with Crippen LogP contribution in [0.1, 0.15) is 0 Å². The molecule has 2 aromatic rings. The van der Waals surface area contributed by atoms with Crippen molar-refractivity contribution in [3.05, 3.63) is 46.7 Å². The average Bonchev–Trinajstić information content (AvgIpc) is 2.42. The van der Waals surface area contributed by atoms with Crippen molar-refractivity contribution in [1.82, 2.24) is 0 Å². The van der Waals surface area contributed by atoms with E-state index in [0.29, 0.717) is 10.2 Å². The summed E-state index contributed by atoms with van der Waals surface area (Å²) in [7, 11) is -2.45. The molecule has 0 aliphatic heterocycles. The maximum absolute atomic E-state index is 13.2. The zero-order valence-corrected chi connectivity index (χ0v) is 13.3. The summed E-state index contributed by atoms with van der Waals surface area (Å²) in [5, 5.41) is 0. The molecule has 0 amide bonds. The molecule has 0 bridgehead atoms. The second-order valence-corrected chi connectivity index (χ2v) is 6.67. The maximum atomic E-state index is 13.2. The third-order valence-electron chi connectivity index (χ3n) is 2.68. The number of hydrogen-bond acceptors (Lipinski definition) is 4. The molecule has 2 aromatic carbocycles. The van der Waals surface area contributed by atoms with Crippen molar-refractivity contribution in [2.75, 3.05) is 17.6 Å². The first-order valence-corrected chi connectivity index (χ1v) is 8.02. The molecule has 0 aliphatic carbocycles. The van der Waals surface area contributed by atoms with E-state index < -0.39 is 15.8 Å². The molecular formula is C13H12BrFN2O3S. The van der Waals surface area contributed by atoms with Gasteiger partial charge in [0.1, 0.15) is 11.6 Å². The predicted molar refractivity (Wildman–Crippen MR) is 82.3 cm³/mol.